The first-order valence-electron chi connectivity index (χ1n) is 8.23. The van der Waals surface area contributed by atoms with Gasteiger partial charge >= 0.3 is 6.18 Å². The molecule has 2 atom stereocenters. The number of pyridine rings is 1. The van der Waals surface area contributed by atoms with Gasteiger partial charge in [-0.25, -0.2) is 9.97 Å². The normalized spacial score (nSPS) is 21.1. The van der Waals surface area contributed by atoms with E-state index in [0.29, 0.717) is 24.2 Å². The lowest BCUT2D eigenvalue weighted by molar-refractivity contribution is -0.198. The quantitative estimate of drug-likeness (QED) is 0.919. The lowest BCUT2D eigenvalue weighted by atomic mass is 9.78. The van der Waals surface area contributed by atoms with Gasteiger partial charge in [-0.05, 0) is 18.9 Å². The van der Waals surface area contributed by atoms with Gasteiger partial charge in [-0.2, -0.15) is 13.2 Å². The molecular formula is C17H19F3N4O. The molecule has 1 N–H and O–H groups in total. The van der Waals surface area contributed by atoms with Crippen molar-refractivity contribution in [1.29, 1.82) is 0 Å². The molecule has 0 unspecified atom stereocenters. The lowest BCUT2D eigenvalue weighted by Crippen LogP contribution is -2.42. The van der Waals surface area contributed by atoms with Gasteiger partial charge in [0.2, 0.25) is 5.91 Å². The molecule has 1 amide bonds. The van der Waals surface area contributed by atoms with Crippen molar-refractivity contribution in [1.82, 2.24) is 19.9 Å². The summed E-state index contributed by atoms with van der Waals surface area (Å²) in [6.07, 6.45) is 3.64. The number of halogens is 3. The second-order valence-electron chi connectivity index (χ2n) is 6.21. The molecule has 0 aromatic carbocycles. The summed E-state index contributed by atoms with van der Waals surface area (Å²) in [6.45, 7) is 0.126. The molecule has 5 nitrogen and oxygen atoms in total. The molecule has 1 saturated carbocycles. The van der Waals surface area contributed by atoms with Gasteiger partial charge in [0.15, 0.2) is 0 Å². The van der Waals surface area contributed by atoms with Gasteiger partial charge in [0.25, 0.3) is 0 Å². The van der Waals surface area contributed by atoms with E-state index in [1.54, 1.807) is 41.6 Å². The predicted molar refractivity (Wildman–Crippen MR) is 84.7 cm³/mol. The van der Waals surface area contributed by atoms with Crippen LogP contribution in [-0.2, 0) is 11.3 Å². The van der Waals surface area contributed by atoms with E-state index in [1.165, 1.54) is 0 Å². The van der Waals surface area contributed by atoms with Crippen molar-refractivity contribution in [3.63, 3.8) is 0 Å². The average molecular weight is 352 g/mol. The zero-order valence-electron chi connectivity index (χ0n) is 13.5. The third kappa shape index (κ3) is 4.00. The lowest BCUT2D eigenvalue weighted by Gasteiger charge is -2.32. The minimum Gasteiger partial charge on any atom is -0.352 e. The maximum Gasteiger partial charge on any atom is 0.392 e. The molecule has 25 heavy (non-hydrogen) atoms. The molecule has 3 rings (SSSR count). The SMILES string of the molecule is O=C(NCc1cccnc1-n1ccnc1)[C@@H]1CCCC[C@H]1C(F)(F)F. The average Bonchev–Trinajstić information content (AvgIpc) is 3.13. The minimum atomic E-state index is -4.33. The Kier molecular flexibility index (Phi) is 5.06. The molecule has 0 saturated heterocycles. The first kappa shape index (κ1) is 17.4. The summed E-state index contributed by atoms with van der Waals surface area (Å²) in [6, 6.07) is 3.51. The number of hydrogen-bond acceptors (Lipinski definition) is 3. The summed E-state index contributed by atoms with van der Waals surface area (Å²) in [5.74, 6) is -2.51. The Hall–Kier alpha value is -2.38. The number of nitrogens with zero attached hydrogens (tertiary/aromatic N) is 3. The van der Waals surface area contributed by atoms with Gasteiger partial charge < -0.3 is 5.32 Å². The van der Waals surface area contributed by atoms with Crippen LogP contribution in [0.1, 0.15) is 31.2 Å². The first-order valence-corrected chi connectivity index (χ1v) is 8.23. The van der Waals surface area contributed by atoms with Gasteiger partial charge in [0, 0.05) is 36.6 Å². The highest BCUT2D eigenvalue weighted by Gasteiger charge is 2.47. The topological polar surface area (TPSA) is 59.8 Å². The molecule has 2 aromatic rings. The van der Waals surface area contributed by atoms with Crippen LogP contribution in [-0.4, -0.2) is 26.6 Å². The third-order valence-electron chi connectivity index (χ3n) is 4.59. The monoisotopic (exact) mass is 352 g/mol. The second kappa shape index (κ2) is 7.25. The number of nitrogens with one attached hydrogen (secondary N) is 1. The summed E-state index contributed by atoms with van der Waals surface area (Å²) in [5, 5.41) is 2.66. The van der Waals surface area contributed by atoms with Crippen LogP contribution in [0.25, 0.3) is 5.82 Å². The summed E-state index contributed by atoms with van der Waals surface area (Å²) in [5.41, 5.74) is 0.716. The fourth-order valence-corrected chi connectivity index (χ4v) is 3.34. The van der Waals surface area contributed by atoms with E-state index < -0.39 is 23.9 Å². The molecule has 2 heterocycles. The van der Waals surface area contributed by atoms with Gasteiger partial charge in [-0.1, -0.05) is 18.9 Å². The molecule has 8 heteroatoms. The number of hydrogen-bond donors (Lipinski definition) is 1. The highest BCUT2D eigenvalue weighted by Crippen LogP contribution is 2.41. The van der Waals surface area contributed by atoms with E-state index >= 15 is 0 Å². The number of carbonyl (C=O) groups is 1. The van der Waals surface area contributed by atoms with Crippen LogP contribution in [0.15, 0.2) is 37.1 Å². The molecule has 0 aliphatic heterocycles. The minimum absolute atomic E-state index is 0.0226. The molecule has 0 bridgehead atoms. The molecule has 0 spiro atoms. The van der Waals surface area contributed by atoms with Crippen molar-refractivity contribution in [2.24, 2.45) is 11.8 Å². The van der Waals surface area contributed by atoms with Gasteiger partial charge in [-0.15, -0.1) is 0 Å². The Bertz CT molecular complexity index is 715. The number of carbonyl (C=O) groups excluding carboxylic acids is 1. The number of alkyl halides is 3. The molecule has 1 aliphatic carbocycles. The number of aromatic nitrogens is 3. The van der Waals surface area contributed by atoms with Gasteiger partial charge in [-0.3, -0.25) is 9.36 Å². The van der Waals surface area contributed by atoms with Crippen LogP contribution in [0.2, 0.25) is 0 Å². The maximum atomic E-state index is 13.2. The Morgan fingerprint density at radius 2 is 2.08 bits per heavy atom. The molecule has 1 fully saturated rings. The van der Waals surface area contributed by atoms with Crippen LogP contribution < -0.4 is 5.32 Å². The molecular weight excluding hydrogens is 333 g/mol. The zero-order valence-corrected chi connectivity index (χ0v) is 13.5. The molecule has 0 radical (unpaired) electrons. The summed E-state index contributed by atoms with van der Waals surface area (Å²) < 4.78 is 41.2. The van der Waals surface area contributed by atoms with Gasteiger partial charge in [0.05, 0.1) is 5.92 Å². The highest BCUT2D eigenvalue weighted by atomic mass is 19.4. The van der Waals surface area contributed by atoms with Crippen LogP contribution >= 0.6 is 0 Å². The van der Waals surface area contributed by atoms with Crippen LogP contribution in [0, 0.1) is 11.8 Å². The Balaban J connectivity index is 1.70. The molecule has 2 aromatic heterocycles. The Morgan fingerprint density at radius 1 is 1.28 bits per heavy atom. The van der Waals surface area contributed by atoms with Crippen molar-refractivity contribution < 1.29 is 18.0 Å². The highest BCUT2D eigenvalue weighted by molar-refractivity contribution is 5.79. The molecule has 134 valence electrons. The van der Waals surface area contributed by atoms with Crippen LogP contribution in [0.4, 0.5) is 13.2 Å². The maximum absolute atomic E-state index is 13.2. The van der Waals surface area contributed by atoms with Crippen molar-refractivity contribution in [2.45, 2.75) is 38.4 Å². The van der Waals surface area contributed by atoms with E-state index in [2.05, 4.69) is 15.3 Å². The number of imidazole rings is 1. The van der Waals surface area contributed by atoms with Crippen LogP contribution in [0.5, 0.6) is 0 Å². The molecule has 1 aliphatic rings. The standard InChI is InChI=1S/C17H19F3N4O/c18-17(19,20)14-6-2-1-5-13(14)16(25)23-10-12-4-3-7-22-15(12)24-9-8-21-11-24/h3-4,7-9,11,13-14H,1-2,5-6,10H2,(H,23,25)/t13-,14-/m1/s1. The summed E-state index contributed by atoms with van der Waals surface area (Å²) in [4.78, 5) is 20.6. The van der Waals surface area contributed by atoms with Gasteiger partial charge in [0.1, 0.15) is 12.1 Å². The Morgan fingerprint density at radius 3 is 2.80 bits per heavy atom. The van der Waals surface area contributed by atoms with E-state index in [-0.39, 0.29) is 19.4 Å². The van der Waals surface area contributed by atoms with E-state index in [9.17, 15) is 18.0 Å². The second-order valence-corrected chi connectivity index (χ2v) is 6.21. The summed E-state index contributed by atoms with van der Waals surface area (Å²) in [7, 11) is 0. The predicted octanol–water partition coefficient (Wildman–Crippen LogP) is 3.25. The van der Waals surface area contributed by atoms with Crippen molar-refractivity contribution >= 4 is 5.91 Å². The fourth-order valence-electron chi connectivity index (χ4n) is 3.34. The fraction of sp³-hybridized carbons (Fsp3) is 0.471. The Labute approximate surface area is 143 Å². The van der Waals surface area contributed by atoms with Crippen molar-refractivity contribution in [3.05, 3.63) is 42.6 Å². The first-order chi connectivity index (χ1) is 12.0. The number of amides is 1. The smallest absolute Gasteiger partial charge is 0.352 e. The third-order valence-corrected chi connectivity index (χ3v) is 4.59. The zero-order chi connectivity index (χ0) is 17.9. The largest absolute Gasteiger partial charge is 0.392 e. The van der Waals surface area contributed by atoms with E-state index in [4.69, 9.17) is 0 Å². The number of rotatable bonds is 4. The van der Waals surface area contributed by atoms with Crippen molar-refractivity contribution in [2.75, 3.05) is 0 Å². The van der Waals surface area contributed by atoms with E-state index in [1.807, 2.05) is 0 Å². The summed E-state index contributed by atoms with van der Waals surface area (Å²) >= 11 is 0. The van der Waals surface area contributed by atoms with E-state index in [0.717, 1.165) is 0 Å². The van der Waals surface area contributed by atoms with Crippen molar-refractivity contribution in [3.8, 4) is 5.82 Å². The van der Waals surface area contributed by atoms with Crippen LogP contribution in [0.3, 0.4) is 0 Å².